The molecule has 20 heavy (non-hydrogen) atoms. The minimum atomic E-state index is -0.104. The van der Waals surface area contributed by atoms with E-state index in [1.54, 1.807) is 0 Å². The summed E-state index contributed by atoms with van der Waals surface area (Å²) in [5.74, 6) is 1.79. The van der Waals surface area contributed by atoms with E-state index in [1.807, 2.05) is 26.0 Å². The summed E-state index contributed by atoms with van der Waals surface area (Å²) in [4.78, 5) is 0. The van der Waals surface area contributed by atoms with Crippen molar-refractivity contribution >= 4 is 23.2 Å². The monoisotopic (exact) mass is 318 g/mol. The Kier molecular flexibility index (Phi) is 7.53. The normalized spacial score (nSPS) is 12.6. The summed E-state index contributed by atoms with van der Waals surface area (Å²) in [5, 5.41) is 0.538. The van der Waals surface area contributed by atoms with E-state index in [9.17, 15) is 0 Å². The lowest BCUT2D eigenvalue weighted by Crippen LogP contribution is -2.08. The van der Waals surface area contributed by atoms with Gasteiger partial charge in [0.05, 0.1) is 18.6 Å². The van der Waals surface area contributed by atoms with Crippen LogP contribution in [0.2, 0.25) is 5.02 Å². The number of hydrogen-bond donors (Lipinski definition) is 0. The second kappa shape index (κ2) is 8.63. The van der Waals surface area contributed by atoms with E-state index in [0.717, 1.165) is 18.4 Å². The first-order chi connectivity index (χ1) is 9.58. The third-order valence-corrected chi connectivity index (χ3v) is 4.34. The van der Waals surface area contributed by atoms with E-state index in [-0.39, 0.29) is 5.38 Å². The predicted octanol–water partition coefficient (Wildman–Crippen LogP) is 5.85. The van der Waals surface area contributed by atoms with Gasteiger partial charge in [0.2, 0.25) is 0 Å². The largest absolute Gasteiger partial charge is 0.490 e. The molecule has 0 amide bonds. The van der Waals surface area contributed by atoms with Crippen LogP contribution in [0, 0.1) is 5.92 Å². The molecule has 0 saturated carbocycles. The van der Waals surface area contributed by atoms with Gasteiger partial charge in [0, 0.05) is 11.1 Å². The molecule has 0 aliphatic carbocycles. The zero-order chi connectivity index (χ0) is 15.1. The van der Waals surface area contributed by atoms with Crippen molar-refractivity contribution in [2.75, 3.05) is 13.2 Å². The maximum atomic E-state index is 6.60. The van der Waals surface area contributed by atoms with Crippen molar-refractivity contribution < 1.29 is 9.47 Å². The van der Waals surface area contributed by atoms with E-state index >= 15 is 0 Å². The highest BCUT2D eigenvalue weighted by Gasteiger charge is 2.22. The Labute approximate surface area is 132 Å². The zero-order valence-electron chi connectivity index (χ0n) is 12.7. The lowest BCUT2D eigenvalue weighted by atomic mass is 9.93. The third kappa shape index (κ3) is 4.20. The Balaban J connectivity index is 3.16. The van der Waals surface area contributed by atoms with E-state index in [1.165, 1.54) is 0 Å². The fourth-order valence-electron chi connectivity index (χ4n) is 2.26. The van der Waals surface area contributed by atoms with Gasteiger partial charge in [0.25, 0.3) is 0 Å². The molecule has 0 heterocycles. The SMILES string of the molecule is CCOc1cc(Cl)c(C(Cl)C(CC)CC)cc1OCC. The van der Waals surface area contributed by atoms with Gasteiger partial charge in [0.1, 0.15) is 0 Å². The molecule has 1 aromatic rings. The molecule has 1 atom stereocenters. The molecule has 1 rings (SSSR count). The second-order valence-corrected chi connectivity index (χ2v) is 5.54. The molecule has 114 valence electrons. The van der Waals surface area contributed by atoms with Crippen LogP contribution < -0.4 is 9.47 Å². The van der Waals surface area contributed by atoms with Crippen LogP contribution in [-0.4, -0.2) is 13.2 Å². The van der Waals surface area contributed by atoms with E-state index in [0.29, 0.717) is 35.7 Å². The van der Waals surface area contributed by atoms with Crippen LogP contribution in [0.25, 0.3) is 0 Å². The first-order valence-electron chi connectivity index (χ1n) is 7.31. The van der Waals surface area contributed by atoms with Crippen molar-refractivity contribution in [2.24, 2.45) is 5.92 Å². The van der Waals surface area contributed by atoms with Crippen LogP contribution in [0.5, 0.6) is 11.5 Å². The van der Waals surface area contributed by atoms with Crippen molar-refractivity contribution in [3.05, 3.63) is 22.7 Å². The van der Waals surface area contributed by atoms with Crippen molar-refractivity contribution in [2.45, 2.75) is 45.9 Å². The minimum Gasteiger partial charge on any atom is -0.490 e. The standard InChI is InChI=1S/C16H24Cl2O2/c1-5-11(6-2)16(18)12-9-14(19-7-3)15(20-8-4)10-13(12)17/h9-11,16H,5-8H2,1-4H3. The molecule has 0 spiro atoms. The number of benzene rings is 1. The van der Waals surface area contributed by atoms with Crippen LogP contribution in [0.3, 0.4) is 0 Å². The summed E-state index contributed by atoms with van der Waals surface area (Å²) < 4.78 is 11.2. The molecule has 0 radical (unpaired) electrons. The quantitative estimate of drug-likeness (QED) is 0.559. The molecule has 1 unspecified atom stereocenters. The molecule has 0 N–H and O–H groups in total. The van der Waals surface area contributed by atoms with Crippen LogP contribution in [0.15, 0.2) is 12.1 Å². The van der Waals surface area contributed by atoms with E-state index in [2.05, 4.69) is 13.8 Å². The fraction of sp³-hybridized carbons (Fsp3) is 0.625. The van der Waals surface area contributed by atoms with Crippen LogP contribution in [0.4, 0.5) is 0 Å². The molecule has 0 aliphatic rings. The number of rotatable bonds is 8. The van der Waals surface area contributed by atoms with Gasteiger partial charge < -0.3 is 9.47 Å². The molecule has 1 aromatic carbocycles. The summed E-state index contributed by atoms with van der Waals surface area (Å²) >= 11 is 13.0. The summed E-state index contributed by atoms with van der Waals surface area (Å²) in [7, 11) is 0. The molecular weight excluding hydrogens is 295 g/mol. The highest BCUT2D eigenvalue weighted by molar-refractivity contribution is 6.33. The molecule has 0 saturated heterocycles. The average molecular weight is 319 g/mol. The second-order valence-electron chi connectivity index (χ2n) is 4.66. The van der Waals surface area contributed by atoms with Crippen molar-refractivity contribution in [1.29, 1.82) is 0 Å². The lowest BCUT2D eigenvalue weighted by molar-refractivity contribution is 0.287. The van der Waals surface area contributed by atoms with Crippen LogP contribution >= 0.6 is 23.2 Å². The summed E-state index contributed by atoms with van der Waals surface area (Å²) in [5.41, 5.74) is 0.925. The number of halogens is 2. The Morgan fingerprint density at radius 2 is 1.45 bits per heavy atom. The topological polar surface area (TPSA) is 18.5 Å². The summed E-state index contributed by atoms with van der Waals surface area (Å²) in [6.45, 7) is 9.34. The molecule has 0 bridgehead atoms. The molecule has 2 nitrogen and oxygen atoms in total. The summed E-state index contributed by atoms with van der Waals surface area (Å²) in [6, 6.07) is 3.73. The van der Waals surface area contributed by atoms with E-state index in [4.69, 9.17) is 32.7 Å². The van der Waals surface area contributed by atoms with Crippen LogP contribution in [-0.2, 0) is 0 Å². The van der Waals surface area contributed by atoms with Gasteiger partial charge in [-0.25, -0.2) is 0 Å². The minimum absolute atomic E-state index is 0.104. The van der Waals surface area contributed by atoms with Crippen molar-refractivity contribution in [1.82, 2.24) is 0 Å². The highest BCUT2D eigenvalue weighted by atomic mass is 35.5. The fourth-order valence-corrected chi connectivity index (χ4v) is 3.12. The van der Waals surface area contributed by atoms with Gasteiger partial charge in [-0.05, 0) is 31.4 Å². The third-order valence-electron chi connectivity index (χ3n) is 3.42. The summed E-state index contributed by atoms with van der Waals surface area (Å²) in [6.07, 6.45) is 2.05. The molecule has 0 aromatic heterocycles. The Bertz CT molecular complexity index is 417. The number of ether oxygens (including phenoxy) is 2. The molecule has 0 aliphatic heterocycles. The first-order valence-corrected chi connectivity index (χ1v) is 8.13. The van der Waals surface area contributed by atoms with Crippen molar-refractivity contribution in [3.8, 4) is 11.5 Å². The van der Waals surface area contributed by atoms with Gasteiger partial charge in [-0.1, -0.05) is 38.3 Å². The predicted molar refractivity (Wildman–Crippen MR) is 86.5 cm³/mol. The Morgan fingerprint density at radius 1 is 0.950 bits per heavy atom. The average Bonchev–Trinajstić information content (AvgIpc) is 2.43. The zero-order valence-corrected chi connectivity index (χ0v) is 14.2. The number of alkyl halides is 1. The molecular formula is C16H24Cl2O2. The molecule has 0 fully saturated rings. The van der Waals surface area contributed by atoms with E-state index < -0.39 is 0 Å². The first kappa shape index (κ1) is 17.5. The Hall–Kier alpha value is -0.600. The van der Waals surface area contributed by atoms with Crippen LogP contribution in [0.1, 0.15) is 51.5 Å². The lowest BCUT2D eigenvalue weighted by Gasteiger charge is -2.22. The van der Waals surface area contributed by atoms with Crippen molar-refractivity contribution in [3.63, 3.8) is 0 Å². The maximum absolute atomic E-state index is 6.60. The maximum Gasteiger partial charge on any atom is 0.162 e. The van der Waals surface area contributed by atoms with Gasteiger partial charge in [-0.15, -0.1) is 11.6 Å². The van der Waals surface area contributed by atoms with Gasteiger partial charge in [-0.2, -0.15) is 0 Å². The molecule has 4 heteroatoms. The smallest absolute Gasteiger partial charge is 0.162 e. The van der Waals surface area contributed by atoms with Gasteiger partial charge in [0.15, 0.2) is 11.5 Å². The van der Waals surface area contributed by atoms with Gasteiger partial charge in [-0.3, -0.25) is 0 Å². The van der Waals surface area contributed by atoms with Gasteiger partial charge >= 0.3 is 0 Å². The number of hydrogen-bond acceptors (Lipinski definition) is 2. The highest BCUT2D eigenvalue weighted by Crippen LogP contribution is 2.42. The Morgan fingerprint density at radius 3 is 1.90 bits per heavy atom.